The van der Waals surface area contributed by atoms with Gasteiger partial charge in [-0.05, 0) is 31.2 Å². The minimum absolute atomic E-state index is 0.290. The van der Waals surface area contributed by atoms with Crippen LogP contribution in [-0.2, 0) is 4.74 Å². The summed E-state index contributed by atoms with van der Waals surface area (Å²) < 4.78 is 18.2. The average Bonchev–Trinajstić information content (AvgIpc) is 2.44. The summed E-state index contributed by atoms with van der Waals surface area (Å²) in [5, 5.41) is 5.37. The Morgan fingerprint density at radius 3 is 2.75 bits per heavy atom. The lowest BCUT2D eigenvalue weighted by Gasteiger charge is -2.08. The largest absolute Gasteiger partial charge is 0.450 e. The van der Waals surface area contributed by atoms with E-state index in [0.29, 0.717) is 23.8 Å². The van der Waals surface area contributed by atoms with Crippen molar-refractivity contribution >= 4 is 23.3 Å². The van der Waals surface area contributed by atoms with E-state index in [1.54, 1.807) is 37.3 Å². The molecule has 2 N–H and O–H groups in total. The highest BCUT2D eigenvalue weighted by Crippen LogP contribution is 2.19. The number of rotatable bonds is 4. The third-order valence-electron chi connectivity index (χ3n) is 2.42. The Labute approximate surface area is 115 Å². The van der Waals surface area contributed by atoms with Crippen LogP contribution in [0.25, 0.3) is 0 Å². The van der Waals surface area contributed by atoms with Gasteiger partial charge in [0.25, 0.3) is 0 Å². The zero-order valence-electron chi connectivity index (χ0n) is 10.9. The van der Waals surface area contributed by atoms with Gasteiger partial charge in [0.1, 0.15) is 11.6 Å². The number of hydrogen-bond acceptors (Lipinski definition) is 4. The molecule has 0 spiro atoms. The highest BCUT2D eigenvalue weighted by atomic mass is 19.1. The Hall–Kier alpha value is -2.63. The lowest BCUT2D eigenvalue weighted by molar-refractivity contribution is 0.168. The maximum Gasteiger partial charge on any atom is 0.412 e. The number of hydrogen-bond donors (Lipinski definition) is 2. The van der Waals surface area contributed by atoms with E-state index in [9.17, 15) is 9.18 Å². The van der Waals surface area contributed by atoms with Gasteiger partial charge in [-0.2, -0.15) is 0 Å². The summed E-state index contributed by atoms with van der Waals surface area (Å²) in [6.45, 7) is 2.01. The number of halogens is 1. The van der Waals surface area contributed by atoms with Gasteiger partial charge in [-0.3, -0.25) is 5.32 Å². The number of nitrogens with one attached hydrogen (secondary N) is 2. The summed E-state index contributed by atoms with van der Waals surface area (Å²) in [5.41, 5.74) is 0.977. The van der Waals surface area contributed by atoms with Crippen molar-refractivity contribution in [3.05, 3.63) is 48.4 Å². The molecule has 0 atom stereocenters. The summed E-state index contributed by atoms with van der Waals surface area (Å²) in [6, 6.07) is 9.62. The third kappa shape index (κ3) is 3.68. The predicted molar refractivity (Wildman–Crippen MR) is 74.6 cm³/mol. The normalized spacial score (nSPS) is 9.90. The van der Waals surface area contributed by atoms with Gasteiger partial charge in [0, 0.05) is 0 Å². The van der Waals surface area contributed by atoms with Crippen LogP contribution in [0.5, 0.6) is 0 Å². The van der Waals surface area contributed by atoms with Crippen molar-refractivity contribution in [1.29, 1.82) is 0 Å². The third-order valence-corrected chi connectivity index (χ3v) is 2.42. The molecule has 0 aliphatic rings. The Kier molecular flexibility index (Phi) is 4.49. The van der Waals surface area contributed by atoms with Crippen molar-refractivity contribution in [2.45, 2.75) is 6.92 Å². The van der Waals surface area contributed by atoms with Crippen LogP contribution in [0.3, 0.4) is 0 Å². The number of aromatic nitrogens is 1. The molecule has 20 heavy (non-hydrogen) atoms. The molecule has 0 radical (unpaired) electrons. The number of anilines is 3. The molecule has 1 heterocycles. The van der Waals surface area contributed by atoms with E-state index in [2.05, 4.69) is 15.6 Å². The van der Waals surface area contributed by atoms with Crippen molar-refractivity contribution in [3.63, 3.8) is 0 Å². The maximum absolute atomic E-state index is 13.5. The number of ether oxygens (including phenoxy) is 1. The van der Waals surface area contributed by atoms with Crippen LogP contribution in [0.4, 0.5) is 26.4 Å². The van der Waals surface area contributed by atoms with E-state index in [-0.39, 0.29) is 5.82 Å². The number of carbonyl (C=O) groups is 1. The molecule has 1 aromatic carbocycles. The topological polar surface area (TPSA) is 63.2 Å². The second-order valence-corrected chi connectivity index (χ2v) is 3.88. The molecule has 0 saturated heterocycles. The molecule has 6 heteroatoms. The molecule has 0 unspecified atom stereocenters. The Balaban J connectivity index is 2.02. The van der Waals surface area contributed by atoms with E-state index in [1.807, 2.05) is 0 Å². The summed E-state index contributed by atoms with van der Waals surface area (Å²) >= 11 is 0. The number of pyridine rings is 1. The molecule has 1 aromatic heterocycles. The van der Waals surface area contributed by atoms with Crippen molar-refractivity contribution in [2.75, 3.05) is 17.2 Å². The van der Waals surface area contributed by atoms with E-state index < -0.39 is 6.09 Å². The van der Waals surface area contributed by atoms with Crippen LogP contribution < -0.4 is 10.6 Å². The minimum Gasteiger partial charge on any atom is -0.450 e. The van der Waals surface area contributed by atoms with Gasteiger partial charge < -0.3 is 10.1 Å². The lowest BCUT2D eigenvalue weighted by atomic mass is 10.3. The van der Waals surface area contributed by atoms with Crippen LogP contribution in [0.2, 0.25) is 0 Å². The first kappa shape index (κ1) is 13.8. The molecule has 2 aromatic rings. The molecule has 0 aliphatic carbocycles. The Morgan fingerprint density at radius 1 is 1.30 bits per heavy atom. The Bertz CT molecular complexity index is 587. The van der Waals surface area contributed by atoms with Crippen LogP contribution in [0, 0.1) is 5.82 Å². The van der Waals surface area contributed by atoms with E-state index >= 15 is 0 Å². The lowest BCUT2D eigenvalue weighted by Crippen LogP contribution is -2.14. The summed E-state index contributed by atoms with van der Waals surface area (Å²) in [5.74, 6) is 0.0174. The molecule has 0 fully saturated rings. The van der Waals surface area contributed by atoms with Gasteiger partial charge in [-0.15, -0.1) is 0 Å². The van der Waals surface area contributed by atoms with Crippen molar-refractivity contribution in [2.24, 2.45) is 0 Å². The van der Waals surface area contributed by atoms with Gasteiger partial charge in [0.05, 0.1) is 24.2 Å². The zero-order valence-corrected chi connectivity index (χ0v) is 10.9. The predicted octanol–water partition coefficient (Wildman–Crippen LogP) is 3.53. The maximum atomic E-state index is 13.5. The molecular formula is C14H14FN3O2. The number of carbonyl (C=O) groups excluding carboxylic acids is 1. The second kappa shape index (κ2) is 6.51. The minimum atomic E-state index is -0.560. The molecule has 5 nitrogen and oxygen atoms in total. The number of para-hydroxylation sites is 1. The summed E-state index contributed by atoms with van der Waals surface area (Å²) in [6.07, 6.45) is 0.934. The quantitative estimate of drug-likeness (QED) is 0.896. The Morgan fingerprint density at radius 2 is 2.10 bits per heavy atom. The standard InChI is InChI=1S/C14H14FN3O2/c1-2-20-14(19)18-13-8-7-10(9-16-13)17-12-6-4-3-5-11(12)15/h3-9,17H,2H2,1H3,(H,16,18,19). The molecule has 0 saturated carbocycles. The second-order valence-electron chi connectivity index (χ2n) is 3.88. The molecular weight excluding hydrogens is 261 g/mol. The van der Waals surface area contributed by atoms with E-state index in [4.69, 9.17) is 4.74 Å². The van der Waals surface area contributed by atoms with Crippen LogP contribution in [0.1, 0.15) is 6.92 Å². The van der Waals surface area contributed by atoms with Crippen molar-refractivity contribution in [1.82, 2.24) is 4.98 Å². The first-order valence-electron chi connectivity index (χ1n) is 6.10. The molecule has 0 aliphatic heterocycles. The fourth-order valence-corrected chi connectivity index (χ4v) is 1.53. The number of benzene rings is 1. The monoisotopic (exact) mass is 275 g/mol. The summed E-state index contributed by atoms with van der Waals surface area (Å²) in [7, 11) is 0. The van der Waals surface area contributed by atoms with Crippen molar-refractivity contribution < 1.29 is 13.9 Å². The van der Waals surface area contributed by atoms with Gasteiger partial charge in [-0.25, -0.2) is 14.2 Å². The highest BCUT2D eigenvalue weighted by Gasteiger charge is 2.04. The molecule has 1 amide bonds. The fraction of sp³-hybridized carbons (Fsp3) is 0.143. The van der Waals surface area contributed by atoms with Crippen molar-refractivity contribution in [3.8, 4) is 0 Å². The zero-order chi connectivity index (χ0) is 14.4. The van der Waals surface area contributed by atoms with Gasteiger partial charge in [0.15, 0.2) is 0 Å². The highest BCUT2D eigenvalue weighted by molar-refractivity contribution is 5.83. The van der Waals surface area contributed by atoms with Gasteiger partial charge >= 0.3 is 6.09 Å². The first-order chi connectivity index (χ1) is 9.69. The smallest absolute Gasteiger partial charge is 0.412 e. The van der Waals surface area contributed by atoms with Gasteiger partial charge in [0.2, 0.25) is 0 Å². The van der Waals surface area contributed by atoms with Crippen LogP contribution in [-0.4, -0.2) is 17.7 Å². The SMILES string of the molecule is CCOC(=O)Nc1ccc(Nc2ccccc2F)cn1. The van der Waals surface area contributed by atoms with Crippen LogP contribution >= 0.6 is 0 Å². The molecule has 2 rings (SSSR count). The molecule has 104 valence electrons. The van der Waals surface area contributed by atoms with E-state index in [1.165, 1.54) is 12.3 Å². The fourth-order valence-electron chi connectivity index (χ4n) is 1.53. The average molecular weight is 275 g/mol. The first-order valence-corrected chi connectivity index (χ1v) is 6.10. The number of amides is 1. The van der Waals surface area contributed by atoms with Crippen LogP contribution in [0.15, 0.2) is 42.6 Å². The van der Waals surface area contributed by atoms with E-state index in [0.717, 1.165) is 0 Å². The number of nitrogens with zero attached hydrogens (tertiary/aromatic N) is 1. The summed E-state index contributed by atoms with van der Waals surface area (Å²) in [4.78, 5) is 15.2. The molecule has 0 bridgehead atoms. The van der Waals surface area contributed by atoms with Gasteiger partial charge in [-0.1, -0.05) is 12.1 Å².